The van der Waals surface area contributed by atoms with Gasteiger partial charge in [0.25, 0.3) is 5.92 Å². The first kappa shape index (κ1) is 19.7. The summed E-state index contributed by atoms with van der Waals surface area (Å²) in [4.78, 5) is 0. The zero-order valence-corrected chi connectivity index (χ0v) is 16.3. The van der Waals surface area contributed by atoms with Gasteiger partial charge in [-0.1, -0.05) is 44.2 Å². The fourth-order valence-corrected chi connectivity index (χ4v) is 7.26. The molecule has 4 nitrogen and oxygen atoms in total. The lowest BCUT2D eigenvalue weighted by molar-refractivity contribution is -0.134. The fraction of sp³-hybridized carbons (Fsp3) is 0.684. The van der Waals surface area contributed by atoms with E-state index in [1.165, 1.54) is 11.2 Å². The molecule has 7 heteroatoms. The minimum atomic E-state index is -3.69. The van der Waals surface area contributed by atoms with Crippen molar-refractivity contribution in [3.8, 4) is 0 Å². The maximum atomic E-state index is 14.6. The van der Waals surface area contributed by atoms with Crippen molar-refractivity contribution in [3.05, 3.63) is 35.9 Å². The number of fused-ring (bicyclic) bond motifs is 1. The molecule has 0 unspecified atom stereocenters. The Balaban J connectivity index is 1.82. The Bertz CT molecular complexity index is 726. The molecule has 26 heavy (non-hydrogen) atoms. The second-order valence-electron chi connectivity index (χ2n) is 7.52. The van der Waals surface area contributed by atoms with Gasteiger partial charge in [-0.05, 0) is 24.3 Å². The van der Waals surface area contributed by atoms with Gasteiger partial charge in [0.15, 0.2) is 0 Å². The summed E-state index contributed by atoms with van der Waals surface area (Å²) in [5, 5.41) is -1.02. The SMILES string of the molecule is CCN1[C@H](C)[C@H]2[C@@H](COCc3ccccc3)[C@H](C)C(F)(F)C[C@H]2S1(=O)=O. The molecule has 0 spiro atoms. The van der Waals surface area contributed by atoms with Crippen molar-refractivity contribution < 1.29 is 21.9 Å². The molecule has 146 valence electrons. The molecule has 0 N–H and O–H groups in total. The van der Waals surface area contributed by atoms with Crippen molar-refractivity contribution in [2.75, 3.05) is 13.2 Å². The van der Waals surface area contributed by atoms with Gasteiger partial charge in [0, 0.05) is 24.9 Å². The first-order chi connectivity index (χ1) is 12.2. The van der Waals surface area contributed by atoms with Gasteiger partial charge in [-0.2, -0.15) is 4.31 Å². The molecular weight excluding hydrogens is 360 g/mol. The number of nitrogens with zero attached hydrogens (tertiary/aromatic N) is 1. The van der Waals surface area contributed by atoms with E-state index < -0.39 is 39.5 Å². The Morgan fingerprint density at radius 1 is 1.23 bits per heavy atom. The van der Waals surface area contributed by atoms with Gasteiger partial charge in [-0.25, -0.2) is 17.2 Å². The van der Waals surface area contributed by atoms with Crippen LogP contribution >= 0.6 is 0 Å². The van der Waals surface area contributed by atoms with Gasteiger partial charge in [0.1, 0.15) is 0 Å². The van der Waals surface area contributed by atoms with Crippen LogP contribution in [0.25, 0.3) is 0 Å². The standard InChI is InChI=1S/C19H27F2NO3S/c1-4-22-14(3)18-16(12-25-11-15-8-6-5-7-9-15)13(2)19(20,21)10-17(18)26(22,23)24/h5-9,13-14,16-18H,4,10-12H2,1-3H3/t13-,14+,16-,17+,18-/m0/s1. The average Bonchev–Trinajstić information content (AvgIpc) is 2.77. The normalized spacial score (nSPS) is 36.0. The number of hydrogen-bond acceptors (Lipinski definition) is 3. The monoisotopic (exact) mass is 387 g/mol. The molecule has 1 aliphatic carbocycles. The Morgan fingerprint density at radius 2 is 1.88 bits per heavy atom. The maximum absolute atomic E-state index is 14.6. The average molecular weight is 387 g/mol. The van der Waals surface area contributed by atoms with Crippen LogP contribution in [0, 0.1) is 17.8 Å². The zero-order valence-electron chi connectivity index (χ0n) is 15.4. The Morgan fingerprint density at radius 3 is 2.50 bits per heavy atom. The Hall–Kier alpha value is -1.05. The van der Waals surface area contributed by atoms with E-state index in [1.54, 1.807) is 6.92 Å². The predicted octanol–water partition coefficient (Wildman–Crippen LogP) is 3.53. The molecule has 2 fully saturated rings. The van der Waals surface area contributed by atoms with Gasteiger partial charge < -0.3 is 4.74 Å². The van der Waals surface area contributed by atoms with Crippen molar-refractivity contribution in [1.29, 1.82) is 0 Å². The number of rotatable bonds is 5. The van der Waals surface area contributed by atoms with Crippen molar-refractivity contribution in [3.63, 3.8) is 0 Å². The zero-order chi connectivity index (χ0) is 19.1. The molecule has 1 aromatic rings. The molecule has 1 heterocycles. The first-order valence-corrected chi connectivity index (χ1v) is 10.7. The van der Waals surface area contributed by atoms with Gasteiger partial charge in [-0.15, -0.1) is 0 Å². The molecule has 0 aromatic heterocycles. The number of alkyl halides is 2. The van der Waals surface area contributed by atoms with Crippen LogP contribution in [0.1, 0.15) is 32.8 Å². The Labute approximate surface area is 154 Å². The van der Waals surface area contributed by atoms with E-state index in [0.29, 0.717) is 13.2 Å². The molecule has 1 saturated heterocycles. The quantitative estimate of drug-likeness (QED) is 0.776. The lowest BCUT2D eigenvalue weighted by Gasteiger charge is -2.43. The van der Waals surface area contributed by atoms with Crippen molar-refractivity contribution in [2.45, 2.75) is 51.0 Å². The summed E-state index contributed by atoms with van der Waals surface area (Å²) in [6, 6.07) is 9.27. The predicted molar refractivity (Wildman–Crippen MR) is 96.4 cm³/mol. The van der Waals surface area contributed by atoms with Crippen LogP contribution in [0.2, 0.25) is 0 Å². The summed E-state index contributed by atoms with van der Waals surface area (Å²) in [7, 11) is -3.69. The molecule has 1 aromatic carbocycles. The van der Waals surface area contributed by atoms with Crippen LogP contribution in [0.5, 0.6) is 0 Å². The summed E-state index contributed by atoms with van der Waals surface area (Å²) in [5.41, 5.74) is 0.974. The second-order valence-corrected chi connectivity index (χ2v) is 9.63. The molecule has 1 saturated carbocycles. The van der Waals surface area contributed by atoms with Gasteiger partial charge in [0.2, 0.25) is 10.0 Å². The van der Waals surface area contributed by atoms with E-state index in [1.807, 2.05) is 37.3 Å². The molecule has 0 bridgehead atoms. The highest BCUT2D eigenvalue weighted by Crippen LogP contribution is 2.52. The third-order valence-corrected chi connectivity index (χ3v) is 8.65. The highest BCUT2D eigenvalue weighted by molar-refractivity contribution is 7.90. The largest absolute Gasteiger partial charge is 0.376 e. The lowest BCUT2D eigenvalue weighted by atomic mass is 9.68. The molecule has 5 atom stereocenters. The van der Waals surface area contributed by atoms with E-state index >= 15 is 0 Å². The van der Waals surface area contributed by atoms with E-state index in [-0.39, 0.29) is 18.6 Å². The van der Waals surface area contributed by atoms with Crippen LogP contribution < -0.4 is 0 Å². The van der Waals surface area contributed by atoms with Gasteiger partial charge in [-0.3, -0.25) is 0 Å². The minimum absolute atomic E-state index is 0.143. The first-order valence-electron chi connectivity index (χ1n) is 9.20. The highest BCUT2D eigenvalue weighted by Gasteiger charge is 2.63. The Kier molecular flexibility index (Phi) is 5.43. The molecule has 1 aliphatic heterocycles. The number of ether oxygens (including phenoxy) is 1. The number of halogens is 2. The van der Waals surface area contributed by atoms with E-state index in [4.69, 9.17) is 4.74 Å². The van der Waals surface area contributed by atoms with Gasteiger partial charge in [0.05, 0.1) is 18.5 Å². The topological polar surface area (TPSA) is 46.6 Å². The number of hydrogen-bond donors (Lipinski definition) is 0. The summed E-state index contributed by atoms with van der Waals surface area (Å²) in [6.07, 6.45) is -0.586. The summed E-state index contributed by atoms with van der Waals surface area (Å²) in [6.45, 7) is 5.92. The fourth-order valence-electron chi connectivity index (χ4n) is 4.69. The van der Waals surface area contributed by atoms with E-state index in [2.05, 4.69) is 0 Å². The molecule has 0 amide bonds. The van der Waals surface area contributed by atoms with Crippen molar-refractivity contribution in [2.24, 2.45) is 17.8 Å². The van der Waals surface area contributed by atoms with Gasteiger partial charge >= 0.3 is 0 Å². The summed E-state index contributed by atoms with van der Waals surface area (Å²) in [5.74, 6) is -4.73. The van der Waals surface area contributed by atoms with E-state index in [9.17, 15) is 17.2 Å². The highest BCUT2D eigenvalue weighted by atomic mass is 32.2. The molecule has 3 rings (SSSR count). The van der Waals surface area contributed by atoms with Crippen LogP contribution in [-0.2, 0) is 21.4 Å². The van der Waals surface area contributed by atoms with Crippen LogP contribution in [0.4, 0.5) is 8.78 Å². The lowest BCUT2D eigenvalue weighted by Crippen LogP contribution is -2.51. The molecular formula is C19H27F2NO3S. The number of benzene rings is 1. The minimum Gasteiger partial charge on any atom is -0.376 e. The third-order valence-electron chi connectivity index (χ3n) is 6.16. The third kappa shape index (κ3) is 3.29. The second kappa shape index (κ2) is 7.17. The summed E-state index contributed by atoms with van der Waals surface area (Å²) < 4.78 is 61.9. The van der Waals surface area contributed by atoms with Crippen molar-refractivity contribution >= 4 is 10.0 Å². The molecule has 2 aliphatic rings. The van der Waals surface area contributed by atoms with Crippen molar-refractivity contribution in [1.82, 2.24) is 4.31 Å². The van der Waals surface area contributed by atoms with Crippen LogP contribution in [0.3, 0.4) is 0 Å². The molecule has 0 radical (unpaired) electrons. The number of sulfonamides is 1. The van der Waals surface area contributed by atoms with Crippen LogP contribution in [0.15, 0.2) is 30.3 Å². The van der Waals surface area contributed by atoms with E-state index in [0.717, 1.165) is 5.56 Å². The van der Waals surface area contributed by atoms with Crippen LogP contribution in [-0.4, -0.2) is 43.1 Å². The maximum Gasteiger partial charge on any atom is 0.252 e. The summed E-state index contributed by atoms with van der Waals surface area (Å²) >= 11 is 0. The smallest absolute Gasteiger partial charge is 0.252 e.